The monoisotopic (exact) mass is 272 g/mol. The van der Waals surface area contributed by atoms with E-state index >= 15 is 0 Å². The standard InChI is InChI=1S/C14H15Cl2F/c1-7-2-11(12(15)6-13(7)17)14(16)10-4-8-3-9(8)5-10/h2,6,8-10,14H,3-5H2,1H3. The Morgan fingerprint density at radius 2 is 1.88 bits per heavy atom. The van der Waals surface area contributed by atoms with E-state index in [0.717, 1.165) is 17.4 Å². The first-order valence-corrected chi connectivity index (χ1v) is 6.97. The van der Waals surface area contributed by atoms with Gasteiger partial charge in [-0.15, -0.1) is 11.6 Å². The first-order chi connectivity index (χ1) is 8.06. The van der Waals surface area contributed by atoms with E-state index in [9.17, 15) is 4.39 Å². The molecule has 0 spiro atoms. The van der Waals surface area contributed by atoms with E-state index in [1.165, 1.54) is 25.3 Å². The number of halogens is 3. The fourth-order valence-electron chi connectivity index (χ4n) is 3.15. The van der Waals surface area contributed by atoms with Crippen LogP contribution in [0.1, 0.15) is 35.8 Å². The van der Waals surface area contributed by atoms with Crippen LogP contribution in [0.3, 0.4) is 0 Å². The summed E-state index contributed by atoms with van der Waals surface area (Å²) in [6.45, 7) is 1.75. The van der Waals surface area contributed by atoms with Crippen molar-refractivity contribution in [1.82, 2.24) is 0 Å². The van der Waals surface area contributed by atoms with Crippen LogP contribution in [0.4, 0.5) is 4.39 Å². The molecule has 2 aliphatic rings. The quantitative estimate of drug-likeness (QED) is 0.656. The summed E-state index contributed by atoms with van der Waals surface area (Å²) in [5.74, 6) is 2.07. The number of hydrogen-bond acceptors (Lipinski definition) is 0. The molecule has 3 atom stereocenters. The van der Waals surface area contributed by atoms with Crippen molar-refractivity contribution in [2.24, 2.45) is 17.8 Å². The lowest BCUT2D eigenvalue weighted by atomic mass is 9.93. The Morgan fingerprint density at radius 1 is 1.24 bits per heavy atom. The maximum Gasteiger partial charge on any atom is 0.127 e. The third kappa shape index (κ3) is 2.08. The van der Waals surface area contributed by atoms with E-state index in [1.807, 2.05) is 0 Å². The first-order valence-electron chi connectivity index (χ1n) is 6.16. The molecule has 0 saturated heterocycles. The molecule has 0 heterocycles. The summed E-state index contributed by atoms with van der Waals surface area (Å²) < 4.78 is 13.3. The Kier molecular flexibility index (Phi) is 2.87. The second-order valence-electron chi connectivity index (χ2n) is 5.51. The highest BCUT2D eigenvalue weighted by molar-refractivity contribution is 6.32. The average Bonchev–Trinajstić information content (AvgIpc) is 2.90. The second kappa shape index (κ2) is 4.13. The van der Waals surface area contributed by atoms with Gasteiger partial charge in [0, 0.05) is 5.02 Å². The molecule has 2 saturated carbocycles. The van der Waals surface area contributed by atoms with E-state index in [4.69, 9.17) is 23.2 Å². The normalized spacial score (nSPS) is 32.4. The van der Waals surface area contributed by atoms with Crippen LogP contribution in [0.15, 0.2) is 12.1 Å². The topological polar surface area (TPSA) is 0 Å². The summed E-state index contributed by atoms with van der Waals surface area (Å²) in [6, 6.07) is 3.19. The molecular formula is C14H15Cl2F. The molecule has 0 N–H and O–H groups in total. The van der Waals surface area contributed by atoms with Gasteiger partial charge in [0.25, 0.3) is 0 Å². The Labute approximate surface area is 111 Å². The smallest absolute Gasteiger partial charge is 0.127 e. The largest absolute Gasteiger partial charge is 0.207 e. The van der Waals surface area contributed by atoms with Gasteiger partial charge in [-0.1, -0.05) is 17.7 Å². The Morgan fingerprint density at radius 3 is 2.53 bits per heavy atom. The number of benzene rings is 1. The zero-order valence-corrected chi connectivity index (χ0v) is 11.2. The second-order valence-corrected chi connectivity index (χ2v) is 6.39. The highest BCUT2D eigenvalue weighted by Crippen LogP contribution is 2.58. The lowest BCUT2D eigenvalue weighted by Crippen LogP contribution is -2.07. The highest BCUT2D eigenvalue weighted by Gasteiger charge is 2.48. The van der Waals surface area contributed by atoms with Gasteiger partial charge in [-0.3, -0.25) is 0 Å². The molecule has 17 heavy (non-hydrogen) atoms. The van der Waals surface area contributed by atoms with Crippen LogP contribution in [0.5, 0.6) is 0 Å². The molecule has 0 bridgehead atoms. The summed E-state index contributed by atoms with van der Waals surface area (Å²) in [4.78, 5) is 0. The van der Waals surface area contributed by atoms with E-state index in [-0.39, 0.29) is 11.2 Å². The van der Waals surface area contributed by atoms with Gasteiger partial charge in [-0.05, 0) is 61.1 Å². The average molecular weight is 273 g/mol. The molecule has 3 unspecified atom stereocenters. The van der Waals surface area contributed by atoms with Gasteiger partial charge in [0.05, 0.1) is 5.38 Å². The van der Waals surface area contributed by atoms with Crippen molar-refractivity contribution in [3.63, 3.8) is 0 Å². The van der Waals surface area contributed by atoms with Gasteiger partial charge < -0.3 is 0 Å². The zero-order chi connectivity index (χ0) is 12.2. The lowest BCUT2D eigenvalue weighted by Gasteiger charge is -2.20. The van der Waals surface area contributed by atoms with E-state index < -0.39 is 0 Å². The van der Waals surface area contributed by atoms with E-state index in [1.54, 1.807) is 13.0 Å². The van der Waals surface area contributed by atoms with Gasteiger partial charge in [-0.2, -0.15) is 0 Å². The highest BCUT2D eigenvalue weighted by atomic mass is 35.5. The SMILES string of the molecule is Cc1cc(C(Cl)C2CC3CC3C2)c(Cl)cc1F. The van der Waals surface area contributed by atoms with Crippen molar-refractivity contribution in [1.29, 1.82) is 0 Å². The molecule has 1 aromatic carbocycles. The molecule has 92 valence electrons. The third-order valence-corrected chi connectivity index (χ3v) is 5.19. The maximum absolute atomic E-state index is 13.3. The molecule has 0 radical (unpaired) electrons. The fourth-order valence-corrected chi connectivity index (χ4v) is 3.86. The summed E-state index contributed by atoms with van der Waals surface area (Å²) in [5.41, 5.74) is 1.52. The Balaban J connectivity index is 1.85. The van der Waals surface area contributed by atoms with Crippen molar-refractivity contribution in [3.05, 3.63) is 34.1 Å². The van der Waals surface area contributed by atoms with Crippen LogP contribution in [-0.2, 0) is 0 Å². The molecule has 2 fully saturated rings. The first kappa shape index (κ1) is 11.8. The minimum absolute atomic E-state index is 0.0606. The summed E-state index contributed by atoms with van der Waals surface area (Å²) in [6.07, 6.45) is 3.81. The molecular weight excluding hydrogens is 258 g/mol. The van der Waals surface area contributed by atoms with Gasteiger partial charge in [0.2, 0.25) is 0 Å². The van der Waals surface area contributed by atoms with Crippen LogP contribution in [-0.4, -0.2) is 0 Å². The van der Waals surface area contributed by atoms with Gasteiger partial charge in [-0.25, -0.2) is 4.39 Å². The van der Waals surface area contributed by atoms with Crippen LogP contribution in [0.25, 0.3) is 0 Å². The maximum atomic E-state index is 13.3. The fraction of sp³-hybridized carbons (Fsp3) is 0.571. The third-order valence-electron chi connectivity index (χ3n) is 4.27. The molecule has 3 rings (SSSR count). The number of alkyl halides is 1. The molecule has 0 aliphatic heterocycles. The summed E-state index contributed by atoms with van der Waals surface area (Å²) in [5, 5.41) is 0.406. The summed E-state index contributed by atoms with van der Waals surface area (Å²) in [7, 11) is 0. The zero-order valence-electron chi connectivity index (χ0n) is 9.72. The molecule has 0 amide bonds. The number of rotatable bonds is 2. The van der Waals surface area contributed by atoms with Crippen molar-refractivity contribution in [2.45, 2.75) is 31.6 Å². The van der Waals surface area contributed by atoms with Crippen LogP contribution < -0.4 is 0 Å². The molecule has 1 aromatic rings. The van der Waals surface area contributed by atoms with E-state index in [0.29, 0.717) is 16.5 Å². The Hall–Kier alpha value is -0.270. The molecule has 0 nitrogen and oxygen atoms in total. The lowest BCUT2D eigenvalue weighted by molar-refractivity contribution is 0.471. The number of hydrogen-bond donors (Lipinski definition) is 0. The molecule has 2 aliphatic carbocycles. The molecule has 0 aromatic heterocycles. The molecule has 3 heteroatoms. The summed E-state index contributed by atoms with van der Waals surface area (Å²) >= 11 is 12.6. The van der Waals surface area contributed by atoms with E-state index in [2.05, 4.69) is 0 Å². The van der Waals surface area contributed by atoms with Crippen molar-refractivity contribution >= 4 is 23.2 Å². The Bertz CT molecular complexity index is 448. The van der Waals surface area contributed by atoms with Crippen molar-refractivity contribution in [2.75, 3.05) is 0 Å². The van der Waals surface area contributed by atoms with Gasteiger partial charge >= 0.3 is 0 Å². The number of aryl methyl sites for hydroxylation is 1. The van der Waals surface area contributed by atoms with Crippen LogP contribution in [0.2, 0.25) is 5.02 Å². The van der Waals surface area contributed by atoms with Crippen LogP contribution >= 0.6 is 23.2 Å². The minimum atomic E-state index is -0.253. The predicted molar refractivity (Wildman–Crippen MR) is 69.1 cm³/mol. The number of fused-ring (bicyclic) bond motifs is 1. The minimum Gasteiger partial charge on any atom is -0.207 e. The van der Waals surface area contributed by atoms with Crippen molar-refractivity contribution < 1.29 is 4.39 Å². The van der Waals surface area contributed by atoms with Gasteiger partial charge in [0.15, 0.2) is 0 Å². The van der Waals surface area contributed by atoms with Gasteiger partial charge in [0.1, 0.15) is 5.82 Å². The van der Waals surface area contributed by atoms with Crippen molar-refractivity contribution in [3.8, 4) is 0 Å². The predicted octanol–water partition coefficient (Wildman–Crippen LogP) is 5.11. The van der Waals surface area contributed by atoms with Crippen LogP contribution in [0, 0.1) is 30.5 Å².